The summed E-state index contributed by atoms with van der Waals surface area (Å²) in [7, 11) is 3.58. The average Bonchev–Trinajstić information content (AvgIpc) is 2.41. The van der Waals surface area contributed by atoms with Gasteiger partial charge in [-0.05, 0) is 26.0 Å². The number of nitrogens with zero attached hydrogens (tertiary/aromatic N) is 2. The second-order valence-corrected chi connectivity index (χ2v) is 6.50. The fourth-order valence-electron chi connectivity index (χ4n) is 1.82. The van der Waals surface area contributed by atoms with Crippen LogP contribution in [0.4, 0.5) is 0 Å². The molecule has 0 aromatic heterocycles. The Morgan fingerprint density at radius 2 is 2.00 bits per heavy atom. The number of carbonyl (C=O) groups excluding carboxylic acids is 1. The first-order chi connectivity index (χ1) is 9.67. The highest BCUT2D eigenvalue weighted by Crippen LogP contribution is 2.22. The number of likely N-dealkylation sites (N-methyl/N-ethyl adjacent to an activating group) is 2. The maximum Gasteiger partial charge on any atom is 0.278 e. The van der Waals surface area contributed by atoms with E-state index < -0.39 is 5.54 Å². The standard InChI is InChI=1S/C15H19Cl2N3O/c1-15(2,10-18)20(4)14(21)9-19(3)8-11-5-6-12(16)13(17)7-11/h5-7H,8-9H2,1-4H3/p+1. The summed E-state index contributed by atoms with van der Waals surface area (Å²) in [5.41, 5.74) is 0.206. The van der Waals surface area contributed by atoms with Gasteiger partial charge in [0.1, 0.15) is 12.1 Å². The van der Waals surface area contributed by atoms with Gasteiger partial charge in [0, 0.05) is 12.6 Å². The van der Waals surface area contributed by atoms with Crippen molar-refractivity contribution >= 4 is 29.1 Å². The molecule has 1 aromatic carbocycles. The van der Waals surface area contributed by atoms with E-state index in [1.165, 1.54) is 4.90 Å². The van der Waals surface area contributed by atoms with E-state index in [4.69, 9.17) is 28.5 Å². The van der Waals surface area contributed by atoms with Gasteiger partial charge >= 0.3 is 0 Å². The zero-order valence-electron chi connectivity index (χ0n) is 12.7. The number of nitriles is 1. The minimum absolute atomic E-state index is 0.0703. The maximum atomic E-state index is 12.2. The minimum atomic E-state index is -0.805. The maximum absolute atomic E-state index is 12.2. The molecule has 0 aliphatic rings. The molecule has 0 aliphatic heterocycles. The molecule has 1 amide bonds. The van der Waals surface area contributed by atoms with Crippen LogP contribution in [0.15, 0.2) is 18.2 Å². The Kier molecular flexibility index (Phi) is 6.03. The number of hydrogen-bond acceptors (Lipinski definition) is 2. The lowest BCUT2D eigenvalue weighted by Crippen LogP contribution is -3.09. The fraction of sp³-hybridized carbons (Fsp3) is 0.467. The molecule has 4 nitrogen and oxygen atoms in total. The SMILES string of the molecule is CN(C(=O)C[NH+](C)Cc1ccc(Cl)c(Cl)c1)C(C)(C)C#N. The summed E-state index contributed by atoms with van der Waals surface area (Å²) in [6, 6.07) is 7.57. The molecule has 0 fully saturated rings. The fourth-order valence-corrected chi connectivity index (χ4v) is 2.14. The molecular weight excluding hydrogens is 309 g/mol. The quantitative estimate of drug-likeness (QED) is 0.895. The molecule has 0 heterocycles. The topological polar surface area (TPSA) is 48.5 Å². The summed E-state index contributed by atoms with van der Waals surface area (Å²) in [6.45, 7) is 4.41. The second kappa shape index (κ2) is 7.13. The number of benzene rings is 1. The summed E-state index contributed by atoms with van der Waals surface area (Å²) in [4.78, 5) is 14.7. The number of halogens is 2. The van der Waals surface area contributed by atoms with Crippen LogP contribution >= 0.6 is 23.2 Å². The number of quaternary nitrogens is 1. The van der Waals surface area contributed by atoms with Crippen LogP contribution in [0.2, 0.25) is 10.0 Å². The van der Waals surface area contributed by atoms with Gasteiger partial charge < -0.3 is 9.80 Å². The Balaban J connectivity index is 2.65. The van der Waals surface area contributed by atoms with Crippen molar-refractivity contribution in [2.24, 2.45) is 0 Å². The van der Waals surface area contributed by atoms with Crippen molar-refractivity contribution < 1.29 is 9.69 Å². The van der Waals surface area contributed by atoms with E-state index in [-0.39, 0.29) is 5.91 Å². The molecule has 114 valence electrons. The van der Waals surface area contributed by atoms with E-state index in [0.29, 0.717) is 23.1 Å². The minimum Gasteiger partial charge on any atom is -0.326 e. The van der Waals surface area contributed by atoms with E-state index in [9.17, 15) is 4.79 Å². The molecule has 0 radical (unpaired) electrons. The molecule has 6 heteroatoms. The second-order valence-electron chi connectivity index (χ2n) is 5.68. The summed E-state index contributed by atoms with van der Waals surface area (Å²) < 4.78 is 0. The van der Waals surface area contributed by atoms with E-state index in [1.807, 2.05) is 13.1 Å². The zero-order chi connectivity index (χ0) is 16.2. The molecular formula is C15H20Cl2N3O+. The van der Waals surface area contributed by atoms with Crippen LogP contribution in [0.5, 0.6) is 0 Å². The number of nitrogens with one attached hydrogen (secondary N) is 1. The van der Waals surface area contributed by atoms with E-state index in [2.05, 4.69) is 6.07 Å². The van der Waals surface area contributed by atoms with E-state index in [0.717, 1.165) is 10.5 Å². The third-order valence-electron chi connectivity index (χ3n) is 3.43. The van der Waals surface area contributed by atoms with E-state index >= 15 is 0 Å². The highest BCUT2D eigenvalue weighted by atomic mass is 35.5. The first-order valence-electron chi connectivity index (χ1n) is 6.60. The summed E-state index contributed by atoms with van der Waals surface area (Å²) in [5.74, 6) is -0.0703. The molecule has 0 aliphatic carbocycles. The van der Waals surface area contributed by atoms with Crippen molar-refractivity contribution in [2.45, 2.75) is 25.9 Å². The van der Waals surface area contributed by atoms with Gasteiger partial charge in [-0.3, -0.25) is 4.79 Å². The molecule has 21 heavy (non-hydrogen) atoms. The smallest absolute Gasteiger partial charge is 0.278 e. The Bertz CT molecular complexity index is 567. The lowest BCUT2D eigenvalue weighted by Gasteiger charge is -2.29. The normalized spacial score (nSPS) is 12.6. The molecule has 1 aromatic rings. The van der Waals surface area contributed by atoms with Crippen molar-refractivity contribution in [1.82, 2.24) is 4.90 Å². The highest BCUT2D eigenvalue weighted by Gasteiger charge is 2.28. The van der Waals surface area contributed by atoms with Gasteiger partial charge in [-0.1, -0.05) is 29.3 Å². The van der Waals surface area contributed by atoms with Gasteiger partial charge in [-0.25, -0.2) is 0 Å². The van der Waals surface area contributed by atoms with Gasteiger partial charge in [0.2, 0.25) is 0 Å². The zero-order valence-corrected chi connectivity index (χ0v) is 14.2. The Morgan fingerprint density at radius 3 is 2.52 bits per heavy atom. The van der Waals surface area contributed by atoms with Crippen LogP contribution in [0.1, 0.15) is 19.4 Å². The Morgan fingerprint density at radius 1 is 1.38 bits per heavy atom. The summed E-state index contributed by atoms with van der Waals surface area (Å²) in [5, 5.41) is 10.1. The summed E-state index contributed by atoms with van der Waals surface area (Å²) >= 11 is 11.9. The Labute approximate surface area is 135 Å². The van der Waals surface area contributed by atoms with Crippen molar-refractivity contribution in [3.8, 4) is 6.07 Å². The predicted molar refractivity (Wildman–Crippen MR) is 84.4 cm³/mol. The van der Waals surface area contributed by atoms with Gasteiger partial charge in [0.05, 0.1) is 23.2 Å². The first kappa shape index (κ1) is 17.8. The van der Waals surface area contributed by atoms with Crippen molar-refractivity contribution in [2.75, 3.05) is 20.6 Å². The number of hydrogen-bond donors (Lipinski definition) is 1. The molecule has 1 N–H and O–H groups in total. The molecule has 1 atom stereocenters. The van der Waals surface area contributed by atoms with Crippen LogP contribution < -0.4 is 4.90 Å². The monoisotopic (exact) mass is 328 g/mol. The van der Waals surface area contributed by atoms with Crippen LogP contribution in [0.25, 0.3) is 0 Å². The van der Waals surface area contributed by atoms with Gasteiger partial charge in [0.25, 0.3) is 5.91 Å². The molecule has 0 saturated carbocycles. The third kappa shape index (κ3) is 4.89. The van der Waals surface area contributed by atoms with Crippen LogP contribution in [0.3, 0.4) is 0 Å². The van der Waals surface area contributed by atoms with Crippen molar-refractivity contribution in [3.05, 3.63) is 33.8 Å². The van der Waals surface area contributed by atoms with Gasteiger partial charge in [0.15, 0.2) is 6.54 Å². The Hall–Kier alpha value is -1.28. The largest absolute Gasteiger partial charge is 0.326 e. The van der Waals surface area contributed by atoms with Gasteiger partial charge in [-0.2, -0.15) is 5.26 Å². The van der Waals surface area contributed by atoms with Crippen LogP contribution in [0, 0.1) is 11.3 Å². The molecule has 1 rings (SSSR count). The van der Waals surface area contributed by atoms with Gasteiger partial charge in [-0.15, -0.1) is 0 Å². The number of carbonyl (C=O) groups is 1. The van der Waals surface area contributed by atoms with Crippen LogP contribution in [-0.4, -0.2) is 37.0 Å². The third-order valence-corrected chi connectivity index (χ3v) is 4.17. The molecule has 0 bridgehead atoms. The molecule has 0 spiro atoms. The van der Waals surface area contributed by atoms with Crippen LogP contribution in [-0.2, 0) is 11.3 Å². The molecule has 0 saturated heterocycles. The molecule has 1 unspecified atom stereocenters. The van der Waals surface area contributed by atoms with Crippen molar-refractivity contribution in [3.63, 3.8) is 0 Å². The lowest BCUT2D eigenvalue weighted by molar-refractivity contribution is -0.885. The summed E-state index contributed by atoms with van der Waals surface area (Å²) in [6.07, 6.45) is 0. The number of rotatable bonds is 5. The van der Waals surface area contributed by atoms with E-state index in [1.54, 1.807) is 33.0 Å². The highest BCUT2D eigenvalue weighted by molar-refractivity contribution is 6.42. The van der Waals surface area contributed by atoms with Crippen molar-refractivity contribution in [1.29, 1.82) is 5.26 Å². The predicted octanol–water partition coefficient (Wildman–Crippen LogP) is 1.77. The number of amides is 1. The lowest BCUT2D eigenvalue weighted by atomic mass is 10.1. The first-order valence-corrected chi connectivity index (χ1v) is 7.36. The average molecular weight is 329 g/mol.